The van der Waals surface area contributed by atoms with Gasteiger partial charge in [0.25, 0.3) is 0 Å². The van der Waals surface area contributed by atoms with Crippen molar-refractivity contribution in [3.63, 3.8) is 0 Å². The van der Waals surface area contributed by atoms with Gasteiger partial charge in [0.2, 0.25) is 5.91 Å². The van der Waals surface area contributed by atoms with Crippen LogP contribution in [0.25, 0.3) is 0 Å². The third-order valence-corrected chi connectivity index (χ3v) is 3.03. The maximum atomic E-state index is 11.8. The molecule has 0 aliphatic carbocycles. The summed E-state index contributed by atoms with van der Waals surface area (Å²) in [5, 5.41) is 0.791. The zero-order valence-electron chi connectivity index (χ0n) is 9.00. The number of nitrogens with zero attached hydrogens (tertiary/aromatic N) is 1. The van der Waals surface area contributed by atoms with Crippen LogP contribution >= 0.6 is 15.9 Å². The van der Waals surface area contributed by atoms with Crippen LogP contribution in [0.1, 0.15) is 20.8 Å². The van der Waals surface area contributed by atoms with Crippen LogP contribution in [0.3, 0.4) is 0 Å². The summed E-state index contributed by atoms with van der Waals surface area (Å²) in [7, 11) is 0. The average molecular weight is 264 g/mol. The molecular formula is C10H18BrNO2. The second kappa shape index (κ2) is 5.12. The van der Waals surface area contributed by atoms with Gasteiger partial charge >= 0.3 is 0 Å². The fourth-order valence-corrected chi connectivity index (χ4v) is 2.03. The van der Waals surface area contributed by atoms with Crippen molar-refractivity contribution in [3.8, 4) is 0 Å². The Morgan fingerprint density at radius 1 is 1.57 bits per heavy atom. The standard InChI is InChI=1S/C10H18BrNO2/c1-7(2)10(13)12-5-8(3)14-9(4-11)6-12/h7-9H,4-6H2,1-3H3. The fraction of sp³-hybridized carbons (Fsp3) is 0.900. The smallest absolute Gasteiger partial charge is 0.225 e. The highest BCUT2D eigenvalue weighted by Gasteiger charge is 2.28. The number of carbonyl (C=O) groups excluding carboxylic acids is 1. The van der Waals surface area contributed by atoms with E-state index in [0.717, 1.165) is 11.9 Å². The molecule has 0 radical (unpaired) electrons. The molecule has 1 fully saturated rings. The second-order valence-electron chi connectivity index (χ2n) is 4.12. The Hall–Kier alpha value is -0.0900. The highest BCUT2D eigenvalue weighted by Crippen LogP contribution is 2.15. The molecule has 0 aromatic heterocycles. The zero-order valence-corrected chi connectivity index (χ0v) is 10.6. The molecule has 0 bridgehead atoms. The van der Waals surface area contributed by atoms with Gasteiger partial charge in [-0.25, -0.2) is 0 Å². The summed E-state index contributed by atoms with van der Waals surface area (Å²) in [5.74, 6) is 0.308. The predicted octanol–water partition coefficient (Wildman–Crippen LogP) is 1.65. The number of rotatable bonds is 2. The Morgan fingerprint density at radius 3 is 2.71 bits per heavy atom. The van der Waals surface area contributed by atoms with Gasteiger partial charge in [-0.05, 0) is 6.92 Å². The summed E-state index contributed by atoms with van der Waals surface area (Å²) in [6, 6.07) is 0. The number of hydrogen-bond donors (Lipinski definition) is 0. The Labute approximate surface area is 93.9 Å². The van der Waals surface area contributed by atoms with E-state index in [4.69, 9.17) is 4.74 Å². The topological polar surface area (TPSA) is 29.5 Å². The lowest BCUT2D eigenvalue weighted by Gasteiger charge is -2.37. The number of alkyl halides is 1. The molecular weight excluding hydrogens is 246 g/mol. The lowest BCUT2D eigenvalue weighted by atomic mass is 10.1. The quantitative estimate of drug-likeness (QED) is 0.710. The Morgan fingerprint density at radius 2 is 2.21 bits per heavy atom. The van der Waals surface area contributed by atoms with Gasteiger partial charge < -0.3 is 9.64 Å². The Balaban J connectivity index is 2.57. The van der Waals surface area contributed by atoms with E-state index >= 15 is 0 Å². The molecule has 1 amide bonds. The van der Waals surface area contributed by atoms with Crippen molar-refractivity contribution in [3.05, 3.63) is 0 Å². The summed E-state index contributed by atoms with van der Waals surface area (Å²) in [5.41, 5.74) is 0. The minimum Gasteiger partial charge on any atom is -0.371 e. The van der Waals surface area contributed by atoms with Crippen LogP contribution in [-0.2, 0) is 9.53 Å². The first kappa shape index (κ1) is 12.0. The zero-order chi connectivity index (χ0) is 10.7. The van der Waals surface area contributed by atoms with E-state index in [1.165, 1.54) is 0 Å². The monoisotopic (exact) mass is 263 g/mol. The van der Waals surface area contributed by atoms with Gasteiger partial charge in [0.05, 0.1) is 12.2 Å². The molecule has 1 aliphatic heterocycles. The molecule has 4 heteroatoms. The van der Waals surface area contributed by atoms with Crippen LogP contribution in [0, 0.1) is 5.92 Å². The molecule has 2 unspecified atom stereocenters. The van der Waals surface area contributed by atoms with Crippen molar-refractivity contribution < 1.29 is 9.53 Å². The lowest BCUT2D eigenvalue weighted by Crippen LogP contribution is -2.50. The van der Waals surface area contributed by atoms with Gasteiger partial charge in [0.1, 0.15) is 0 Å². The summed E-state index contributed by atoms with van der Waals surface area (Å²) >= 11 is 3.39. The molecule has 3 nitrogen and oxygen atoms in total. The molecule has 0 N–H and O–H groups in total. The van der Waals surface area contributed by atoms with Crippen molar-refractivity contribution in [2.24, 2.45) is 5.92 Å². The molecule has 1 heterocycles. The van der Waals surface area contributed by atoms with Crippen molar-refractivity contribution in [2.45, 2.75) is 33.0 Å². The maximum absolute atomic E-state index is 11.8. The Kier molecular flexibility index (Phi) is 4.38. The van der Waals surface area contributed by atoms with Crippen LogP contribution in [0.5, 0.6) is 0 Å². The van der Waals surface area contributed by atoms with Crippen LogP contribution in [0.2, 0.25) is 0 Å². The molecule has 0 aromatic carbocycles. The van der Waals surface area contributed by atoms with Crippen molar-refractivity contribution >= 4 is 21.8 Å². The highest BCUT2D eigenvalue weighted by atomic mass is 79.9. The summed E-state index contributed by atoms with van der Waals surface area (Å²) < 4.78 is 5.65. The van der Waals surface area contributed by atoms with E-state index in [-0.39, 0.29) is 24.0 Å². The molecule has 14 heavy (non-hydrogen) atoms. The first-order valence-electron chi connectivity index (χ1n) is 5.04. The largest absolute Gasteiger partial charge is 0.371 e. The minimum atomic E-state index is 0.0799. The second-order valence-corrected chi connectivity index (χ2v) is 4.77. The molecule has 1 rings (SSSR count). The van der Waals surface area contributed by atoms with Gasteiger partial charge in [-0.2, -0.15) is 0 Å². The predicted molar refractivity (Wildman–Crippen MR) is 59.5 cm³/mol. The molecule has 82 valence electrons. The van der Waals surface area contributed by atoms with E-state index in [2.05, 4.69) is 15.9 Å². The average Bonchev–Trinajstić information content (AvgIpc) is 2.15. The minimum absolute atomic E-state index is 0.0799. The summed E-state index contributed by atoms with van der Waals surface area (Å²) in [6.07, 6.45) is 0.287. The molecule has 1 saturated heterocycles. The number of carbonyl (C=O) groups is 1. The van der Waals surface area contributed by atoms with E-state index < -0.39 is 0 Å². The first-order chi connectivity index (χ1) is 6.54. The Bertz CT molecular complexity index is 208. The normalized spacial score (nSPS) is 28.2. The summed E-state index contributed by atoms with van der Waals surface area (Å²) in [4.78, 5) is 13.7. The van der Waals surface area contributed by atoms with E-state index in [1.54, 1.807) is 0 Å². The van der Waals surface area contributed by atoms with Crippen LogP contribution in [-0.4, -0.2) is 41.4 Å². The maximum Gasteiger partial charge on any atom is 0.225 e. The van der Waals surface area contributed by atoms with E-state index in [0.29, 0.717) is 6.54 Å². The number of morpholine rings is 1. The van der Waals surface area contributed by atoms with Crippen molar-refractivity contribution in [1.82, 2.24) is 4.90 Å². The van der Waals surface area contributed by atoms with Gasteiger partial charge in [0, 0.05) is 24.3 Å². The SMILES string of the molecule is CC1CN(C(=O)C(C)C)CC(CBr)O1. The number of ether oxygens (including phenoxy) is 1. The van der Waals surface area contributed by atoms with Gasteiger partial charge in [-0.15, -0.1) is 0 Å². The number of halogens is 1. The van der Waals surface area contributed by atoms with Crippen LogP contribution < -0.4 is 0 Å². The lowest BCUT2D eigenvalue weighted by molar-refractivity contribution is -0.145. The van der Waals surface area contributed by atoms with Crippen molar-refractivity contribution in [2.75, 3.05) is 18.4 Å². The fourth-order valence-electron chi connectivity index (χ4n) is 1.68. The van der Waals surface area contributed by atoms with E-state index in [9.17, 15) is 4.79 Å². The van der Waals surface area contributed by atoms with Gasteiger partial charge in [0.15, 0.2) is 0 Å². The van der Waals surface area contributed by atoms with Crippen LogP contribution in [0.15, 0.2) is 0 Å². The molecule has 0 saturated carbocycles. The highest BCUT2D eigenvalue weighted by molar-refractivity contribution is 9.09. The number of hydrogen-bond acceptors (Lipinski definition) is 2. The first-order valence-corrected chi connectivity index (χ1v) is 6.17. The van der Waals surface area contributed by atoms with Crippen LogP contribution in [0.4, 0.5) is 0 Å². The molecule has 0 spiro atoms. The molecule has 0 aromatic rings. The van der Waals surface area contributed by atoms with Gasteiger partial charge in [-0.1, -0.05) is 29.8 Å². The van der Waals surface area contributed by atoms with Crippen molar-refractivity contribution in [1.29, 1.82) is 0 Å². The third-order valence-electron chi connectivity index (χ3n) is 2.30. The summed E-state index contributed by atoms with van der Waals surface area (Å²) in [6.45, 7) is 7.32. The molecule has 1 aliphatic rings. The number of amides is 1. The third kappa shape index (κ3) is 2.95. The van der Waals surface area contributed by atoms with Gasteiger partial charge in [-0.3, -0.25) is 4.79 Å². The molecule has 2 atom stereocenters. The van der Waals surface area contributed by atoms with E-state index in [1.807, 2.05) is 25.7 Å².